The molecule has 0 aliphatic rings. The van der Waals surface area contributed by atoms with E-state index in [0.29, 0.717) is 18.9 Å². The van der Waals surface area contributed by atoms with Crippen molar-refractivity contribution < 1.29 is 14.6 Å². The van der Waals surface area contributed by atoms with Crippen molar-refractivity contribution in [2.75, 3.05) is 13.2 Å². The van der Waals surface area contributed by atoms with Gasteiger partial charge in [-0.3, -0.25) is 0 Å². The van der Waals surface area contributed by atoms with Crippen molar-refractivity contribution >= 4 is 6.09 Å². The van der Waals surface area contributed by atoms with Gasteiger partial charge in [-0.05, 0) is 26.7 Å². The van der Waals surface area contributed by atoms with Gasteiger partial charge in [-0.1, -0.05) is 20.8 Å². The number of rotatable bonds is 7. The van der Waals surface area contributed by atoms with E-state index < -0.39 is 17.1 Å². The normalized spacial score (nSPS) is 14.6. The molecule has 0 aliphatic heterocycles. The second-order valence-corrected chi connectivity index (χ2v) is 7.75. The van der Waals surface area contributed by atoms with Crippen LogP contribution in [0.3, 0.4) is 0 Å². The van der Waals surface area contributed by atoms with Crippen molar-refractivity contribution in [3.8, 4) is 0 Å². The predicted octanol–water partition coefficient (Wildman–Crippen LogP) is 2.00. The molecule has 1 atom stereocenters. The Kier molecular flexibility index (Phi) is 6.56. The second-order valence-electron chi connectivity index (χ2n) is 7.75. The average molecular weight is 326 g/mol. The third-order valence-corrected chi connectivity index (χ3v) is 3.26. The van der Waals surface area contributed by atoms with Crippen molar-refractivity contribution in [1.82, 2.24) is 20.1 Å². The number of carbonyl (C=O) groups excluding carboxylic acids is 1. The average Bonchev–Trinajstić information content (AvgIpc) is 2.81. The van der Waals surface area contributed by atoms with E-state index in [1.807, 2.05) is 32.4 Å². The Labute approximate surface area is 138 Å². The highest BCUT2D eigenvalue weighted by Gasteiger charge is 2.28. The Balaban J connectivity index is 2.67. The predicted molar refractivity (Wildman–Crippen MR) is 88.0 cm³/mol. The molecule has 7 nitrogen and oxygen atoms in total. The van der Waals surface area contributed by atoms with Gasteiger partial charge in [0.1, 0.15) is 17.8 Å². The van der Waals surface area contributed by atoms with Gasteiger partial charge < -0.3 is 15.2 Å². The Bertz CT molecular complexity index is 508. The van der Waals surface area contributed by atoms with Crippen LogP contribution >= 0.6 is 0 Å². The van der Waals surface area contributed by atoms with Crippen LogP contribution in [-0.2, 0) is 17.7 Å². The molecule has 0 aromatic carbocycles. The van der Waals surface area contributed by atoms with Crippen LogP contribution in [0.15, 0.2) is 6.33 Å². The van der Waals surface area contributed by atoms with Crippen molar-refractivity contribution in [1.29, 1.82) is 0 Å². The number of amides is 1. The number of hydrogen-bond donors (Lipinski definition) is 2. The molecule has 1 aromatic rings. The van der Waals surface area contributed by atoms with Crippen molar-refractivity contribution in [2.24, 2.45) is 11.3 Å². The third kappa shape index (κ3) is 6.99. The molecule has 0 radical (unpaired) electrons. The Morgan fingerprint density at radius 3 is 2.57 bits per heavy atom. The van der Waals surface area contributed by atoms with E-state index in [1.54, 1.807) is 0 Å². The van der Waals surface area contributed by atoms with E-state index in [1.165, 1.54) is 6.33 Å². The molecule has 1 rings (SSSR count). The summed E-state index contributed by atoms with van der Waals surface area (Å²) in [5.74, 6) is 1.26. The fourth-order valence-electron chi connectivity index (χ4n) is 2.08. The zero-order chi connectivity index (χ0) is 17.7. The topological polar surface area (TPSA) is 89.3 Å². The molecule has 132 valence electrons. The first-order valence-corrected chi connectivity index (χ1v) is 7.99. The smallest absolute Gasteiger partial charge is 0.407 e. The largest absolute Gasteiger partial charge is 0.444 e. The molecule has 0 saturated carbocycles. The van der Waals surface area contributed by atoms with Crippen LogP contribution < -0.4 is 5.32 Å². The third-order valence-electron chi connectivity index (χ3n) is 3.26. The molecule has 1 unspecified atom stereocenters. The molecular formula is C16H30N4O3. The molecule has 0 spiro atoms. The summed E-state index contributed by atoms with van der Waals surface area (Å²) in [6.07, 6.45) is 1.56. The number of hydrogen-bond acceptors (Lipinski definition) is 5. The van der Waals surface area contributed by atoms with Gasteiger partial charge in [0.15, 0.2) is 0 Å². The molecule has 0 aliphatic carbocycles. The molecule has 0 fully saturated rings. The van der Waals surface area contributed by atoms with Crippen LogP contribution in [0.1, 0.15) is 47.4 Å². The number of carbonyl (C=O) groups is 1. The Morgan fingerprint density at radius 2 is 2.04 bits per heavy atom. The van der Waals surface area contributed by atoms with Gasteiger partial charge >= 0.3 is 6.09 Å². The summed E-state index contributed by atoms with van der Waals surface area (Å²) in [6, 6.07) is 0. The zero-order valence-corrected chi connectivity index (χ0v) is 15.1. The standard InChI is InChI=1S/C16H30N4O3/c1-12(2)8-20-13(18-11-19-20)7-16(6,10-21)9-17-14(22)23-15(3,4)5/h11-12,21H,7-10H2,1-6H3,(H,17,22). The first-order chi connectivity index (χ1) is 10.5. The highest BCUT2D eigenvalue weighted by molar-refractivity contribution is 5.67. The number of aliphatic hydroxyl groups excluding tert-OH is 1. The summed E-state index contributed by atoms with van der Waals surface area (Å²) in [5, 5.41) is 16.7. The summed E-state index contributed by atoms with van der Waals surface area (Å²) in [6.45, 7) is 12.6. The van der Waals surface area contributed by atoms with E-state index in [4.69, 9.17) is 4.74 Å². The molecule has 1 amide bonds. The molecule has 23 heavy (non-hydrogen) atoms. The van der Waals surface area contributed by atoms with E-state index in [9.17, 15) is 9.90 Å². The SMILES string of the molecule is CC(C)Cn1ncnc1CC(C)(CO)CNC(=O)OC(C)(C)C. The second kappa shape index (κ2) is 7.77. The number of nitrogens with zero attached hydrogens (tertiary/aromatic N) is 3. The van der Waals surface area contributed by atoms with Gasteiger partial charge in [0.25, 0.3) is 0 Å². The zero-order valence-electron chi connectivity index (χ0n) is 15.1. The van der Waals surface area contributed by atoms with Gasteiger partial charge in [-0.25, -0.2) is 14.5 Å². The Hall–Kier alpha value is -1.63. The van der Waals surface area contributed by atoms with Crippen molar-refractivity contribution in [3.63, 3.8) is 0 Å². The van der Waals surface area contributed by atoms with Crippen LogP contribution in [0.2, 0.25) is 0 Å². The monoisotopic (exact) mass is 326 g/mol. The Morgan fingerprint density at radius 1 is 1.39 bits per heavy atom. The summed E-state index contributed by atoms with van der Waals surface area (Å²) in [4.78, 5) is 16.1. The van der Waals surface area contributed by atoms with Crippen molar-refractivity contribution in [2.45, 2.75) is 60.1 Å². The minimum absolute atomic E-state index is 0.0721. The number of ether oxygens (including phenoxy) is 1. The minimum atomic E-state index is -0.545. The maximum atomic E-state index is 11.8. The number of nitrogens with one attached hydrogen (secondary N) is 1. The van der Waals surface area contributed by atoms with E-state index in [0.717, 1.165) is 12.4 Å². The molecule has 1 heterocycles. The molecule has 1 aromatic heterocycles. The molecule has 0 saturated heterocycles. The fourth-order valence-corrected chi connectivity index (χ4v) is 2.08. The summed E-state index contributed by atoms with van der Waals surface area (Å²) in [7, 11) is 0. The van der Waals surface area contributed by atoms with Crippen molar-refractivity contribution in [3.05, 3.63) is 12.2 Å². The van der Waals surface area contributed by atoms with E-state index in [-0.39, 0.29) is 6.61 Å². The van der Waals surface area contributed by atoms with Crippen LogP contribution in [0.4, 0.5) is 4.79 Å². The number of aliphatic hydroxyl groups is 1. The van der Waals surface area contributed by atoms with Gasteiger partial charge in [-0.15, -0.1) is 0 Å². The summed E-state index contributed by atoms with van der Waals surface area (Å²) < 4.78 is 7.08. The lowest BCUT2D eigenvalue weighted by Gasteiger charge is -2.28. The van der Waals surface area contributed by atoms with Gasteiger partial charge in [0.05, 0.1) is 6.61 Å². The minimum Gasteiger partial charge on any atom is -0.444 e. The van der Waals surface area contributed by atoms with Gasteiger partial charge in [0, 0.05) is 24.9 Å². The van der Waals surface area contributed by atoms with Gasteiger partial charge in [0.2, 0.25) is 0 Å². The molecule has 7 heteroatoms. The fraction of sp³-hybridized carbons (Fsp3) is 0.812. The lowest BCUT2D eigenvalue weighted by atomic mass is 9.87. The highest BCUT2D eigenvalue weighted by atomic mass is 16.6. The first kappa shape index (κ1) is 19.4. The lowest BCUT2D eigenvalue weighted by Crippen LogP contribution is -2.42. The highest BCUT2D eigenvalue weighted by Crippen LogP contribution is 2.21. The van der Waals surface area contributed by atoms with Crippen LogP contribution in [0.25, 0.3) is 0 Å². The van der Waals surface area contributed by atoms with E-state index in [2.05, 4.69) is 29.2 Å². The quantitative estimate of drug-likeness (QED) is 0.800. The first-order valence-electron chi connectivity index (χ1n) is 7.99. The molecular weight excluding hydrogens is 296 g/mol. The number of alkyl carbamates (subject to hydrolysis) is 1. The van der Waals surface area contributed by atoms with Crippen LogP contribution in [0.5, 0.6) is 0 Å². The van der Waals surface area contributed by atoms with E-state index >= 15 is 0 Å². The molecule has 0 bridgehead atoms. The summed E-state index contributed by atoms with van der Waals surface area (Å²) in [5.41, 5.74) is -1.07. The lowest BCUT2D eigenvalue weighted by molar-refractivity contribution is 0.0476. The van der Waals surface area contributed by atoms with Crippen LogP contribution in [0, 0.1) is 11.3 Å². The summed E-state index contributed by atoms with van der Waals surface area (Å²) >= 11 is 0. The van der Waals surface area contributed by atoms with Crippen LogP contribution in [-0.4, -0.2) is 44.7 Å². The number of aromatic nitrogens is 3. The van der Waals surface area contributed by atoms with Gasteiger partial charge in [-0.2, -0.15) is 5.10 Å². The maximum Gasteiger partial charge on any atom is 0.407 e. The maximum absolute atomic E-state index is 11.8. The molecule has 2 N–H and O–H groups in total.